The van der Waals surface area contributed by atoms with E-state index in [-0.39, 0.29) is 12.1 Å². The van der Waals surface area contributed by atoms with E-state index < -0.39 is 0 Å². The van der Waals surface area contributed by atoms with Crippen LogP contribution in [0.4, 0.5) is 0 Å². The lowest BCUT2D eigenvalue weighted by atomic mass is 10.0. The van der Waals surface area contributed by atoms with Crippen LogP contribution in [0.15, 0.2) is 24.4 Å². The third-order valence-corrected chi connectivity index (χ3v) is 4.89. The Morgan fingerprint density at radius 2 is 2.00 bits per heavy atom. The molecule has 0 amide bonds. The highest BCUT2D eigenvalue weighted by molar-refractivity contribution is 7.19. The van der Waals surface area contributed by atoms with Gasteiger partial charge in [-0.15, -0.1) is 0 Å². The van der Waals surface area contributed by atoms with Gasteiger partial charge in [0.25, 0.3) is 0 Å². The zero-order valence-electron chi connectivity index (χ0n) is 14.0. The van der Waals surface area contributed by atoms with Crippen LogP contribution in [0.25, 0.3) is 16.2 Å². The highest BCUT2D eigenvalue weighted by atomic mass is 32.1. The summed E-state index contributed by atoms with van der Waals surface area (Å²) in [7, 11) is 0. The van der Waals surface area contributed by atoms with Gasteiger partial charge in [-0.3, -0.25) is 4.40 Å². The number of imidazole rings is 1. The van der Waals surface area contributed by atoms with Gasteiger partial charge in [-0.25, -0.2) is 9.78 Å². The Labute approximate surface area is 139 Å². The molecule has 0 aliphatic rings. The van der Waals surface area contributed by atoms with Crippen molar-refractivity contribution >= 4 is 22.3 Å². The fourth-order valence-electron chi connectivity index (χ4n) is 2.55. The summed E-state index contributed by atoms with van der Waals surface area (Å²) in [5, 5.41) is 0. The lowest BCUT2D eigenvalue weighted by Crippen LogP contribution is -2.11. The number of aryl methyl sites for hydroxylation is 3. The van der Waals surface area contributed by atoms with Gasteiger partial charge in [-0.1, -0.05) is 29.0 Å². The molecule has 1 aromatic carbocycles. The zero-order valence-corrected chi connectivity index (χ0v) is 14.8. The van der Waals surface area contributed by atoms with E-state index in [2.05, 4.69) is 32.0 Å². The van der Waals surface area contributed by atoms with Gasteiger partial charge in [0.1, 0.15) is 4.88 Å². The number of hydrogen-bond acceptors (Lipinski definition) is 4. The molecule has 0 aliphatic heterocycles. The molecule has 0 radical (unpaired) electrons. The molecule has 5 heteroatoms. The lowest BCUT2D eigenvalue weighted by molar-refractivity contribution is 0.0382. The van der Waals surface area contributed by atoms with Crippen molar-refractivity contribution in [1.82, 2.24) is 9.38 Å². The van der Waals surface area contributed by atoms with Gasteiger partial charge in [0.05, 0.1) is 11.8 Å². The van der Waals surface area contributed by atoms with Crippen LogP contribution in [0.2, 0.25) is 0 Å². The van der Waals surface area contributed by atoms with E-state index in [9.17, 15) is 4.79 Å². The quantitative estimate of drug-likeness (QED) is 0.662. The van der Waals surface area contributed by atoms with Gasteiger partial charge >= 0.3 is 5.97 Å². The predicted octanol–water partition coefficient (Wildman–Crippen LogP) is 4.55. The van der Waals surface area contributed by atoms with Crippen molar-refractivity contribution in [2.45, 2.75) is 40.7 Å². The molecule has 3 aromatic rings. The SMILES string of the molecule is Cc1ccc(C)c(-c2cn3c(C)c(C(=O)OC(C)C)sc3n2)c1. The van der Waals surface area contributed by atoms with Crippen LogP contribution >= 0.6 is 11.3 Å². The standard InChI is InChI=1S/C18H20N2O2S/c1-10(2)22-17(21)16-13(5)20-9-15(19-18(20)23-16)14-8-11(3)6-7-12(14)4/h6-10H,1-5H3. The van der Waals surface area contributed by atoms with Crippen molar-refractivity contribution in [2.24, 2.45) is 0 Å². The second kappa shape index (κ2) is 5.81. The summed E-state index contributed by atoms with van der Waals surface area (Å²) < 4.78 is 7.27. The minimum Gasteiger partial charge on any atom is -0.459 e. The van der Waals surface area contributed by atoms with Gasteiger partial charge in [-0.05, 0) is 46.2 Å². The van der Waals surface area contributed by atoms with Crippen molar-refractivity contribution in [2.75, 3.05) is 0 Å². The molecule has 0 unspecified atom stereocenters. The maximum Gasteiger partial charge on any atom is 0.350 e. The summed E-state index contributed by atoms with van der Waals surface area (Å²) in [6, 6.07) is 6.35. The summed E-state index contributed by atoms with van der Waals surface area (Å²) in [5.74, 6) is -0.277. The molecular weight excluding hydrogens is 308 g/mol. The molecule has 0 atom stereocenters. The molecule has 3 rings (SSSR count). The number of ether oxygens (including phenoxy) is 1. The normalized spacial score (nSPS) is 11.4. The molecule has 0 fully saturated rings. The number of aromatic nitrogens is 2. The molecule has 0 spiro atoms. The number of nitrogens with zero attached hydrogens (tertiary/aromatic N) is 2. The van der Waals surface area contributed by atoms with Crippen LogP contribution in [0.1, 0.15) is 40.3 Å². The van der Waals surface area contributed by atoms with Gasteiger partial charge in [-0.2, -0.15) is 0 Å². The highest BCUT2D eigenvalue weighted by Crippen LogP contribution is 2.29. The maximum absolute atomic E-state index is 12.1. The van der Waals surface area contributed by atoms with Crippen molar-refractivity contribution in [3.05, 3.63) is 46.1 Å². The first-order valence-electron chi connectivity index (χ1n) is 7.64. The van der Waals surface area contributed by atoms with Crippen LogP contribution in [0.5, 0.6) is 0 Å². The smallest absolute Gasteiger partial charge is 0.350 e. The molecule has 120 valence electrons. The molecule has 23 heavy (non-hydrogen) atoms. The van der Waals surface area contributed by atoms with E-state index in [1.54, 1.807) is 0 Å². The Balaban J connectivity index is 2.05. The molecule has 2 aromatic heterocycles. The number of rotatable bonds is 3. The molecule has 0 saturated carbocycles. The van der Waals surface area contributed by atoms with Crippen LogP contribution in [-0.4, -0.2) is 21.5 Å². The largest absolute Gasteiger partial charge is 0.459 e. The zero-order chi connectivity index (χ0) is 16.7. The van der Waals surface area contributed by atoms with Gasteiger partial charge in [0.15, 0.2) is 4.96 Å². The predicted molar refractivity (Wildman–Crippen MR) is 93.3 cm³/mol. The Morgan fingerprint density at radius 1 is 1.26 bits per heavy atom. The van der Waals surface area contributed by atoms with E-state index in [0.717, 1.165) is 21.9 Å². The average Bonchev–Trinajstić information content (AvgIpc) is 3.01. The topological polar surface area (TPSA) is 43.6 Å². The van der Waals surface area contributed by atoms with E-state index in [1.807, 2.05) is 31.4 Å². The first kappa shape index (κ1) is 15.7. The number of fused-ring (bicyclic) bond motifs is 1. The molecule has 0 saturated heterocycles. The van der Waals surface area contributed by atoms with Crippen molar-refractivity contribution < 1.29 is 9.53 Å². The van der Waals surface area contributed by atoms with E-state index >= 15 is 0 Å². The van der Waals surface area contributed by atoms with Crippen LogP contribution in [0, 0.1) is 20.8 Å². The first-order chi connectivity index (χ1) is 10.9. The third kappa shape index (κ3) is 2.88. The van der Waals surface area contributed by atoms with E-state index in [1.165, 1.54) is 22.5 Å². The van der Waals surface area contributed by atoms with Gasteiger partial charge < -0.3 is 4.74 Å². The monoisotopic (exact) mass is 328 g/mol. The molecule has 4 nitrogen and oxygen atoms in total. The minimum absolute atomic E-state index is 0.123. The fourth-order valence-corrected chi connectivity index (χ4v) is 3.54. The van der Waals surface area contributed by atoms with Crippen LogP contribution in [0.3, 0.4) is 0 Å². The van der Waals surface area contributed by atoms with Gasteiger partial charge in [0, 0.05) is 17.5 Å². The maximum atomic E-state index is 12.1. The highest BCUT2D eigenvalue weighted by Gasteiger charge is 2.20. The Hall–Kier alpha value is -2.14. The number of thiazole rings is 1. The minimum atomic E-state index is -0.277. The Bertz CT molecular complexity index is 890. The van der Waals surface area contributed by atoms with Crippen molar-refractivity contribution in [3.8, 4) is 11.3 Å². The molecular formula is C18H20N2O2S. The first-order valence-corrected chi connectivity index (χ1v) is 8.45. The Kier molecular flexibility index (Phi) is 3.98. The number of benzene rings is 1. The molecule has 0 aliphatic carbocycles. The summed E-state index contributed by atoms with van der Waals surface area (Å²) in [6.07, 6.45) is 1.87. The summed E-state index contributed by atoms with van der Waals surface area (Å²) in [5.41, 5.74) is 5.34. The summed E-state index contributed by atoms with van der Waals surface area (Å²) in [6.45, 7) is 9.79. The number of hydrogen-bond donors (Lipinski definition) is 0. The number of carbonyl (C=O) groups is 1. The van der Waals surface area contributed by atoms with Crippen molar-refractivity contribution in [3.63, 3.8) is 0 Å². The molecule has 2 heterocycles. The van der Waals surface area contributed by atoms with Crippen molar-refractivity contribution in [1.29, 1.82) is 0 Å². The molecule has 0 N–H and O–H groups in total. The summed E-state index contributed by atoms with van der Waals surface area (Å²) in [4.78, 5) is 18.3. The number of carbonyl (C=O) groups excluding carboxylic acids is 1. The summed E-state index contributed by atoms with van der Waals surface area (Å²) >= 11 is 1.38. The van der Waals surface area contributed by atoms with Crippen LogP contribution < -0.4 is 0 Å². The van der Waals surface area contributed by atoms with E-state index in [0.29, 0.717) is 4.88 Å². The fraction of sp³-hybridized carbons (Fsp3) is 0.333. The second-order valence-electron chi connectivity index (χ2n) is 6.07. The second-order valence-corrected chi connectivity index (χ2v) is 7.05. The number of esters is 1. The average molecular weight is 328 g/mol. The lowest BCUT2D eigenvalue weighted by Gasteiger charge is -2.06. The third-order valence-electron chi connectivity index (χ3n) is 3.75. The van der Waals surface area contributed by atoms with E-state index in [4.69, 9.17) is 9.72 Å². The van der Waals surface area contributed by atoms with Crippen LogP contribution in [-0.2, 0) is 4.74 Å². The molecule has 0 bridgehead atoms. The van der Waals surface area contributed by atoms with Gasteiger partial charge in [0.2, 0.25) is 0 Å². The Morgan fingerprint density at radius 3 is 2.65 bits per heavy atom.